The number of carboxylic acid groups (broad SMARTS) is 1. The molecule has 2 aromatic carbocycles. The fourth-order valence-corrected chi connectivity index (χ4v) is 3.43. The zero-order valence-corrected chi connectivity index (χ0v) is 19.2. The van der Waals surface area contributed by atoms with Gasteiger partial charge in [-0.15, -0.1) is 0 Å². The SMILES string of the molecule is CC(C)(C)C(NC(=O)O)C(=O)Nc1nn(Cc2ccccc2)c(Nc2ccccc2)c1C(N)=O. The van der Waals surface area contributed by atoms with Gasteiger partial charge in [0.15, 0.2) is 5.82 Å². The van der Waals surface area contributed by atoms with Crippen LogP contribution in [0.2, 0.25) is 0 Å². The van der Waals surface area contributed by atoms with Gasteiger partial charge >= 0.3 is 6.09 Å². The Morgan fingerprint density at radius 1 is 1.03 bits per heavy atom. The van der Waals surface area contributed by atoms with E-state index in [9.17, 15) is 19.5 Å². The number of benzene rings is 2. The predicted molar refractivity (Wildman–Crippen MR) is 129 cm³/mol. The Labute approximate surface area is 197 Å². The highest BCUT2D eigenvalue weighted by atomic mass is 16.4. The Balaban J connectivity index is 2.05. The van der Waals surface area contributed by atoms with Crippen LogP contribution in [0.4, 0.5) is 22.1 Å². The number of anilines is 3. The van der Waals surface area contributed by atoms with E-state index in [1.165, 1.54) is 4.68 Å². The third kappa shape index (κ3) is 5.91. The molecule has 1 heterocycles. The molecule has 0 aliphatic heterocycles. The number of primary amides is 1. The summed E-state index contributed by atoms with van der Waals surface area (Å²) in [5.41, 5.74) is 6.54. The molecule has 10 nitrogen and oxygen atoms in total. The molecule has 3 amide bonds. The molecule has 6 N–H and O–H groups in total. The van der Waals surface area contributed by atoms with Gasteiger partial charge in [0.25, 0.3) is 5.91 Å². The van der Waals surface area contributed by atoms with E-state index >= 15 is 0 Å². The first-order valence-corrected chi connectivity index (χ1v) is 10.6. The molecule has 1 aromatic heterocycles. The number of nitrogens with two attached hydrogens (primary N) is 1. The molecule has 34 heavy (non-hydrogen) atoms. The normalized spacial score (nSPS) is 12.0. The van der Waals surface area contributed by atoms with Crippen molar-refractivity contribution in [3.63, 3.8) is 0 Å². The summed E-state index contributed by atoms with van der Waals surface area (Å²) in [4.78, 5) is 36.8. The highest BCUT2D eigenvalue weighted by Crippen LogP contribution is 2.29. The van der Waals surface area contributed by atoms with Crippen molar-refractivity contribution in [2.75, 3.05) is 10.6 Å². The molecule has 1 unspecified atom stereocenters. The summed E-state index contributed by atoms with van der Waals surface area (Å²) in [7, 11) is 0. The molecule has 178 valence electrons. The quantitative estimate of drug-likeness (QED) is 0.345. The maximum Gasteiger partial charge on any atom is 0.405 e. The van der Waals surface area contributed by atoms with E-state index in [4.69, 9.17) is 5.73 Å². The van der Waals surface area contributed by atoms with Crippen molar-refractivity contribution in [1.29, 1.82) is 0 Å². The van der Waals surface area contributed by atoms with Gasteiger partial charge in [0, 0.05) is 5.69 Å². The molecule has 0 aliphatic rings. The summed E-state index contributed by atoms with van der Waals surface area (Å²) in [6.07, 6.45) is -1.34. The summed E-state index contributed by atoms with van der Waals surface area (Å²) < 4.78 is 1.54. The lowest BCUT2D eigenvalue weighted by Gasteiger charge is -2.28. The van der Waals surface area contributed by atoms with Crippen LogP contribution in [0.3, 0.4) is 0 Å². The van der Waals surface area contributed by atoms with Crippen LogP contribution in [-0.4, -0.2) is 38.8 Å². The largest absolute Gasteiger partial charge is 0.465 e. The molecule has 0 saturated carbocycles. The van der Waals surface area contributed by atoms with Crippen LogP contribution in [0, 0.1) is 5.41 Å². The average molecular weight is 465 g/mol. The van der Waals surface area contributed by atoms with Crippen molar-refractivity contribution in [2.45, 2.75) is 33.4 Å². The average Bonchev–Trinajstić information content (AvgIpc) is 3.09. The molecule has 0 saturated heterocycles. The highest BCUT2D eigenvalue weighted by molar-refractivity contribution is 6.07. The van der Waals surface area contributed by atoms with Crippen molar-refractivity contribution in [3.8, 4) is 0 Å². The third-order valence-electron chi connectivity index (χ3n) is 5.05. The van der Waals surface area contributed by atoms with Crippen LogP contribution in [0.1, 0.15) is 36.7 Å². The van der Waals surface area contributed by atoms with E-state index in [1.54, 1.807) is 20.8 Å². The van der Waals surface area contributed by atoms with Gasteiger partial charge in [0.05, 0.1) is 6.54 Å². The number of aromatic nitrogens is 2. The van der Waals surface area contributed by atoms with Gasteiger partial charge in [0.1, 0.15) is 17.4 Å². The van der Waals surface area contributed by atoms with Crippen LogP contribution in [-0.2, 0) is 11.3 Å². The predicted octanol–water partition coefficient (Wildman–Crippen LogP) is 3.39. The molecule has 0 fully saturated rings. The summed E-state index contributed by atoms with van der Waals surface area (Å²) in [6.45, 7) is 5.46. The molecular formula is C24H28N6O4. The Kier molecular flexibility index (Phi) is 7.20. The van der Waals surface area contributed by atoms with E-state index < -0.39 is 29.4 Å². The second-order valence-corrected chi connectivity index (χ2v) is 8.81. The Morgan fingerprint density at radius 2 is 1.62 bits per heavy atom. The van der Waals surface area contributed by atoms with Gasteiger partial charge in [0.2, 0.25) is 5.91 Å². The third-order valence-corrected chi connectivity index (χ3v) is 5.05. The maximum absolute atomic E-state index is 13.0. The number of carbonyl (C=O) groups excluding carboxylic acids is 2. The topological polar surface area (TPSA) is 151 Å². The molecule has 0 spiro atoms. The van der Waals surface area contributed by atoms with Gasteiger partial charge in [-0.05, 0) is 23.1 Å². The molecule has 1 atom stereocenters. The number of carbonyl (C=O) groups is 3. The number of hydrogen-bond acceptors (Lipinski definition) is 5. The first-order valence-electron chi connectivity index (χ1n) is 10.6. The second-order valence-electron chi connectivity index (χ2n) is 8.81. The monoisotopic (exact) mass is 464 g/mol. The van der Waals surface area contributed by atoms with Crippen molar-refractivity contribution >= 4 is 35.2 Å². The fourth-order valence-electron chi connectivity index (χ4n) is 3.43. The van der Waals surface area contributed by atoms with E-state index in [2.05, 4.69) is 21.0 Å². The number of nitrogens with one attached hydrogen (secondary N) is 3. The van der Waals surface area contributed by atoms with Crippen molar-refractivity contribution in [2.24, 2.45) is 11.1 Å². The minimum Gasteiger partial charge on any atom is -0.465 e. The molecule has 10 heteroatoms. The standard InChI is InChI=1S/C24H28N6O4/c1-24(2,3)18(27-23(33)34)22(32)28-20-17(19(25)31)21(26-16-12-8-5-9-13-16)30(29-20)14-15-10-6-4-7-11-15/h4-13,18,26-27H,14H2,1-3H3,(H2,25,31)(H,33,34)(H,28,29,32). The molecule has 0 aliphatic carbocycles. The van der Waals surface area contributed by atoms with Crippen LogP contribution < -0.4 is 21.7 Å². The maximum atomic E-state index is 13.0. The number of nitrogens with zero attached hydrogens (tertiary/aromatic N) is 2. The molecule has 0 bridgehead atoms. The van der Waals surface area contributed by atoms with E-state index in [-0.39, 0.29) is 11.4 Å². The molecule has 3 aromatic rings. The van der Waals surface area contributed by atoms with Gasteiger partial charge in [-0.3, -0.25) is 9.59 Å². The zero-order valence-electron chi connectivity index (χ0n) is 19.2. The summed E-state index contributed by atoms with van der Waals surface area (Å²) >= 11 is 0. The lowest BCUT2D eigenvalue weighted by molar-refractivity contribution is -0.120. The van der Waals surface area contributed by atoms with E-state index in [0.717, 1.165) is 5.56 Å². The minimum absolute atomic E-state index is 0.0175. The molecule has 0 radical (unpaired) electrons. The zero-order chi connectivity index (χ0) is 24.9. The van der Waals surface area contributed by atoms with Gasteiger partial charge in [-0.1, -0.05) is 69.3 Å². The second kappa shape index (κ2) is 10.1. The number of rotatable bonds is 8. The van der Waals surface area contributed by atoms with Gasteiger partial charge in [-0.25, -0.2) is 9.48 Å². The summed E-state index contributed by atoms with van der Waals surface area (Å²) in [6, 6.07) is 17.5. The van der Waals surface area contributed by atoms with Crippen LogP contribution in [0.25, 0.3) is 0 Å². The Hall–Kier alpha value is -4.34. The van der Waals surface area contributed by atoms with Crippen LogP contribution >= 0.6 is 0 Å². The lowest BCUT2D eigenvalue weighted by atomic mass is 9.86. The summed E-state index contributed by atoms with van der Waals surface area (Å²) in [5, 5.41) is 21.6. The van der Waals surface area contributed by atoms with Crippen molar-refractivity contribution in [1.82, 2.24) is 15.1 Å². The highest BCUT2D eigenvalue weighted by Gasteiger charge is 2.34. The van der Waals surface area contributed by atoms with Gasteiger partial charge < -0.3 is 26.8 Å². The Bertz CT molecular complexity index is 1170. The summed E-state index contributed by atoms with van der Waals surface area (Å²) in [5.74, 6) is -1.22. The van der Waals surface area contributed by atoms with Crippen molar-refractivity contribution < 1.29 is 19.5 Å². The number of para-hydroxylation sites is 1. The fraction of sp³-hybridized carbons (Fsp3) is 0.250. The smallest absolute Gasteiger partial charge is 0.405 e. The molecular weight excluding hydrogens is 436 g/mol. The van der Waals surface area contributed by atoms with E-state index in [0.29, 0.717) is 18.1 Å². The van der Waals surface area contributed by atoms with Gasteiger partial charge in [-0.2, -0.15) is 5.10 Å². The number of hydrogen-bond donors (Lipinski definition) is 5. The first-order chi connectivity index (χ1) is 16.1. The Morgan fingerprint density at radius 3 is 2.15 bits per heavy atom. The van der Waals surface area contributed by atoms with E-state index in [1.807, 2.05) is 60.7 Å². The van der Waals surface area contributed by atoms with Crippen LogP contribution in [0.5, 0.6) is 0 Å². The first kappa shape index (κ1) is 24.3. The van der Waals surface area contributed by atoms with Crippen LogP contribution in [0.15, 0.2) is 60.7 Å². The number of amides is 3. The molecule has 3 rings (SSSR count). The minimum atomic E-state index is -1.34. The van der Waals surface area contributed by atoms with Crippen molar-refractivity contribution in [3.05, 3.63) is 71.8 Å². The lowest BCUT2D eigenvalue weighted by Crippen LogP contribution is -2.51.